The molecule has 0 spiro atoms. The Morgan fingerprint density at radius 2 is 1.13 bits per heavy atom. The minimum atomic E-state index is -4.57. The van der Waals surface area contributed by atoms with E-state index in [0.717, 1.165) is 0 Å². The van der Waals surface area contributed by atoms with E-state index in [-0.39, 0.29) is 13.6 Å². The van der Waals surface area contributed by atoms with Crippen LogP contribution in [0.15, 0.2) is 70.5 Å². The molecule has 0 fully saturated rings. The van der Waals surface area contributed by atoms with Crippen LogP contribution >= 0.6 is 0 Å². The van der Waals surface area contributed by atoms with Crippen LogP contribution < -0.4 is 11.2 Å². The molecule has 10 heteroatoms. The summed E-state index contributed by atoms with van der Waals surface area (Å²) in [5, 5.41) is 0. The normalized spacial score (nSPS) is 12.0. The Morgan fingerprint density at radius 3 is 1.43 bits per heavy atom. The van der Waals surface area contributed by atoms with Crippen molar-refractivity contribution in [3.05, 3.63) is 60.7 Å². The molecule has 2 aromatic rings. The Labute approximate surface area is 133 Å². The number of benzene rings is 2. The zero-order valence-electron chi connectivity index (χ0n) is 11.7. The van der Waals surface area contributed by atoms with E-state index in [9.17, 15) is 21.6 Å². The molecular formula is C13H13N3O5S2. The van der Waals surface area contributed by atoms with Crippen LogP contribution in [0.4, 0.5) is 4.79 Å². The predicted molar refractivity (Wildman–Crippen MR) is 81.8 cm³/mol. The van der Waals surface area contributed by atoms with E-state index < -0.39 is 26.1 Å². The van der Waals surface area contributed by atoms with Crippen LogP contribution in [0.2, 0.25) is 0 Å². The van der Waals surface area contributed by atoms with Crippen LogP contribution in [0.1, 0.15) is 0 Å². The lowest BCUT2D eigenvalue weighted by atomic mass is 10.4. The fourth-order valence-electron chi connectivity index (χ4n) is 1.72. The average molecular weight is 355 g/mol. The molecule has 0 bridgehead atoms. The number of hydrazine groups is 1. The molecule has 0 radical (unpaired) electrons. The van der Waals surface area contributed by atoms with Crippen LogP contribution in [0.3, 0.4) is 0 Å². The smallest absolute Gasteiger partial charge is 0.328 e. The maximum atomic E-state index is 12.6. The summed E-state index contributed by atoms with van der Waals surface area (Å²) >= 11 is 0. The molecule has 0 saturated heterocycles. The first kappa shape index (κ1) is 16.9. The third kappa shape index (κ3) is 3.50. The van der Waals surface area contributed by atoms with Gasteiger partial charge in [0, 0.05) is 3.82 Å². The van der Waals surface area contributed by atoms with Gasteiger partial charge in [0.15, 0.2) is 0 Å². The molecule has 0 aliphatic carbocycles. The van der Waals surface area contributed by atoms with Crippen LogP contribution in [-0.4, -0.2) is 26.7 Å². The molecule has 0 aliphatic heterocycles. The number of carbonyl (C=O) groups excluding carboxylic acids is 1. The maximum Gasteiger partial charge on any atom is 0.328 e. The number of rotatable bonds is 5. The number of nitrogens with one attached hydrogen (secondary N) is 1. The van der Waals surface area contributed by atoms with E-state index in [1.165, 1.54) is 48.5 Å². The van der Waals surface area contributed by atoms with Gasteiger partial charge < -0.3 is 5.73 Å². The highest BCUT2D eigenvalue weighted by molar-refractivity contribution is 8.04. The highest BCUT2D eigenvalue weighted by Gasteiger charge is 2.37. The number of primary amides is 1. The number of hydrogen-bond donors (Lipinski definition) is 2. The maximum absolute atomic E-state index is 12.6. The first-order chi connectivity index (χ1) is 10.8. The van der Waals surface area contributed by atoms with Crippen LogP contribution in [0.25, 0.3) is 0 Å². The number of sulfonamides is 2. The lowest BCUT2D eigenvalue weighted by Crippen LogP contribution is -2.51. The highest BCUT2D eigenvalue weighted by Crippen LogP contribution is 2.22. The zero-order chi connectivity index (χ0) is 17.1. The van der Waals surface area contributed by atoms with E-state index in [4.69, 9.17) is 5.73 Å². The van der Waals surface area contributed by atoms with Crippen molar-refractivity contribution >= 4 is 26.1 Å². The summed E-state index contributed by atoms with van der Waals surface area (Å²) in [5.74, 6) is 0. The molecule has 2 aromatic carbocycles. The second-order valence-electron chi connectivity index (χ2n) is 4.31. The molecule has 3 N–H and O–H groups in total. The summed E-state index contributed by atoms with van der Waals surface area (Å²) < 4.78 is 50.1. The van der Waals surface area contributed by atoms with Crippen LogP contribution in [0.5, 0.6) is 0 Å². The van der Waals surface area contributed by atoms with Gasteiger partial charge in [0.05, 0.1) is 9.79 Å². The van der Waals surface area contributed by atoms with E-state index in [0.29, 0.717) is 0 Å². The topological polar surface area (TPSA) is 127 Å². The number of urea groups is 1. The predicted octanol–water partition coefficient (Wildman–Crippen LogP) is 0.649. The van der Waals surface area contributed by atoms with Crippen molar-refractivity contribution in [2.24, 2.45) is 5.73 Å². The van der Waals surface area contributed by atoms with E-state index in [1.807, 2.05) is 0 Å². The molecular weight excluding hydrogens is 342 g/mol. The van der Waals surface area contributed by atoms with Crippen molar-refractivity contribution in [3.8, 4) is 0 Å². The van der Waals surface area contributed by atoms with Crippen molar-refractivity contribution in [3.63, 3.8) is 0 Å². The van der Waals surface area contributed by atoms with Gasteiger partial charge in [-0.1, -0.05) is 36.4 Å². The number of nitrogens with zero attached hydrogens (tertiary/aromatic N) is 1. The quantitative estimate of drug-likeness (QED) is 0.761. The van der Waals surface area contributed by atoms with Crippen molar-refractivity contribution < 1.29 is 21.6 Å². The van der Waals surface area contributed by atoms with Gasteiger partial charge in [0.2, 0.25) is 0 Å². The van der Waals surface area contributed by atoms with Crippen LogP contribution in [-0.2, 0) is 20.0 Å². The summed E-state index contributed by atoms with van der Waals surface area (Å²) in [4.78, 5) is 10.5. The Bertz CT molecular complexity index is 828. The largest absolute Gasteiger partial charge is 0.350 e. The molecule has 0 heterocycles. The summed E-state index contributed by atoms with van der Waals surface area (Å²) in [7, 11) is -9.14. The molecule has 2 rings (SSSR count). The van der Waals surface area contributed by atoms with Gasteiger partial charge in [0.1, 0.15) is 0 Å². The zero-order valence-corrected chi connectivity index (χ0v) is 13.3. The van der Waals surface area contributed by atoms with E-state index in [2.05, 4.69) is 0 Å². The van der Waals surface area contributed by atoms with E-state index in [1.54, 1.807) is 17.6 Å². The van der Waals surface area contributed by atoms with Gasteiger partial charge in [-0.05, 0) is 24.3 Å². The molecule has 8 nitrogen and oxygen atoms in total. The van der Waals surface area contributed by atoms with Gasteiger partial charge in [0.25, 0.3) is 20.0 Å². The van der Waals surface area contributed by atoms with E-state index >= 15 is 0 Å². The molecule has 0 aromatic heterocycles. The molecule has 122 valence electrons. The first-order valence-electron chi connectivity index (χ1n) is 6.23. The number of carbonyl (C=O) groups is 1. The molecule has 0 unspecified atom stereocenters. The van der Waals surface area contributed by atoms with Gasteiger partial charge in [-0.25, -0.2) is 27.1 Å². The standard InChI is InChI=1S/C13H13N3O5S2/c14-13(17)15-16(22(18,19)11-7-3-1-4-8-11)23(20,21)12-9-5-2-6-10-12/h1-10H,(H3,14,15,17). The Morgan fingerprint density at radius 1 is 0.783 bits per heavy atom. The SMILES string of the molecule is NC(=O)NN(S(=O)(=O)c1ccccc1)S(=O)(=O)c1ccccc1. The van der Waals surface area contributed by atoms with Gasteiger partial charge in [-0.2, -0.15) is 0 Å². The Balaban J connectivity index is 2.61. The van der Waals surface area contributed by atoms with Gasteiger partial charge in [-0.3, -0.25) is 0 Å². The number of nitrogens with two attached hydrogens (primary N) is 1. The molecule has 2 amide bonds. The van der Waals surface area contributed by atoms with Crippen molar-refractivity contribution in [1.29, 1.82) is 0 Å². The summed E-state index contributed by atoms with van der Waals surface area (Å²) in [6.07, 6.45) is 0. The summed E-state index contributed by atoms with van der Waals surface area (Å²) in [6.45, 7) is 0. The Hall–Kier alpha value is -2.43. The minimum absolute atomic E-state index is 0.132. The Kier molecular flexibility index (Phi) is 4.68. The monoisotopic (exact) mass is 355 g/mol. The summed E-state index contributed by atoms with van der Waals surface area (Å²) in [5.41, 5.74) is 6.58. The lowest BCUT2D eigenvalue weighted by molar-refractivity contribution is 0.240. The summed E-state index contributed by atoms with van der Waals surface area (Å²) in [6, 6.07) is 12.3. The number of hydrogen-bond acceptors (Lipinski definition) is 5. The van der Waals surface area contributed by atoms with Crippen molar-refractivity contribution in [2.45, 2.75) is 9.79 Å². The first-order valence-corrected chi connectivity index (χ1v) is 9.11. The van der Waals surface area contributed by atoms with Crippen LogP contribution in [0, 0.1) is 0 Å². The fraction of sp³-hybridized carbons (Fsp3) is 0. The second-order valence-corrected chi connectivity index (χ2v) is 8.11. The van der Waals surface area contributed by atoms with Gasteiger partial charge in [-0.15, -0.1) is 0 Å². The minimum Gasteiger partial charge on any atom is -0.350 e. The molecule has 0 saturated carbocycles. The second kappa shape index (κ2) is 6.36. The van der Waals surface area contributed by atoms with Crippen molar-refractivity contribution in [2.75, 3.05) is 0 Å². The lowest BCUT2D eigenvalue weighted by Gasteiger charge is -2.21. The molecule has 23 heavy (non-hydrogen) atoms. The highest BCUT2D eigenvalue weighted by atomic mass is 32.3. The van der Waals surface area contributed by atoms with Crippen molar-refractivity contribution in [1.82, 2.24) is 9.25 Å². The number of amides is 2. The molecule has 0 atom stereocenters. The fourth-order valence-corrected chi connectivity index (χ4v) is 5.07. The third-order valence-electron chi connectivity index (χ3n) is 2.72. The van der Waals surface area contributed by atoms with Gasteiger partial charge >= 0.3 is 6.03 Å². The average Bonchev–Trinajstić information content (AvgIpc) is 2.54. The molecule has 0 aliphatic rings. The third-order valence-corrected chi connectivity index (χ3v) is 6.69.